The average molecular weight is 331 g/mol. The number of benzene rings is 1. The van der Waals surface area contributed by atoms with Crippen LogP contribution in [-0.2, 0) is 6.54 Å². The summed E-state index contributed by atoms with van der Waals surface area (Å²) >= 11 is 0. The van der Waals surface area contributed by atoms with E-state index in [1.165, 1.54) is 0 Å². The van der Waals surface area contributed by atoms with Crippen molar-refractivity contribution in [3.8, 4) is 11.4 Å². The minimum Gasteiger partial charge on any atom is -0.399 e. The van der Waals surface area contributed by atoms with Crippen LogP contribution in [0.2, 0.25) is 0 Å². The summed E-state index contributed by atoms with van der Waals surface area (Å²) in [5, 5.41) is 5.29. The van der Waals surface area contributed by atoms with E-state index in [4.69, 9.17) is 11.5 Å². The van der Waals surface area contributed by atoms with Gasteiger partial charge in [0.15, 0.2) is 5.65 Å². The Balaban J connectivity index is 1.81. The zero-order valence-corrected chi connectivity index (χ0v) is 13.7. The summed E-state index contributed by atoms with van der Waals surface area (Å²) in [6.07, 6.45) is 3.48. The molecule has 124 valence electrons. The predicted octanol–water partition coefficient (Wildman–Crippen LogP) is 2.41. The number of hydrogen-bond acceptors (Lipinski definition) is 6. The molecule has 0 atom stereocenters. The van der Waals surface area contributed by atoms with E-state index in [-0.39, 0.29) is 5.95 Å². The highest BCUT2D eigenvalue weighted by Gasteiger charge is 2.14. The first-order valence-electron chi connectivity index (χ1n) is 7.87. The Bertz CT molecular complexity index is 1050. The minimum atomic E-state index is 0.198. The third-order valence-corrected chi connectivity index (χ3v) is 4.09. The van der Waals surface area contributed by atoms with E-state index >= 15 is 0 Å². The molecule has 3 aromatic heterocycles. The number of anilines is 2. The van der Waals surface area contributed by atoms with Crippen LogP contribution in [0.25, 0.3) is 22.4 Å². The maximum Gasteiger partial charge on any atom is 0.222 e. The summed E-state index contributed by atoms with van der Waals surface area (Å²) < 4.78 is 1.81. The smallest absolute Gasteiger partial charge is 0.222 e. The van der Waals surface area contributed by atoms with E-state index < -0.39 is 0 Å². The van der Waals surface area contributed by atoms with E-state index in [0.717, 1.165) is 27.9 Å². The van der Waals surface area contributed by atoms with Gasteiger partial charge in [0, 0.05) is 11.9 Å². The van der Waals surface area contributed by atoms with Crippen molar-refractivity contribution >= 4 is 22.7 Å². The monoisotopic (exact) mass is 331 g/mol. The summed E-state index contributed by atoms with van der Waals surface area (Å²) in [5.41, 5.74) is 16.8. The van der Waals surface area contributed by atoms with E-state index in [1.54, 1.807) is 12.4 Å². The topological polar surface area (TPSA) is 109 Å². The minimum absolute atomic E-state index is 0.198. The molecule has 25 heavy (non-hydrogen) atoms. The van der Waals surface area contributed by atoms with Gasteiger partial charge in [0.2, 0.25) is 5.95 Å². The molecule has 0 radical (unpaired) electrons. The first-order chi connectivity index (χ1) is 12.1. The average Bonchev–Trinajstić information content (AvgIpc) is 3.01. The first kappa shape index (κ1) is 15.1. The van der Waals surface area contributed by atoms with Gasteiger partial charge in [-0.2, -0.15) is 10.1 Å². The van der Waals surface area contributed by atoms with Crippen LogP contribution in [0.1, 0.15) is 11.1 Å². The van der Waals surface area contributed by atoms with E-state index in [0.29, 0.717) is 17.9 Å². The molecule has 1 aromatic carbocycles. The number of nitrogens with zero attached hydrogens (tertiary/aromatic N) is 5. The van der Waals surface area contributed by atoms with Gasteiger partial charge in [-0.05, 0) is 36.2 Å². The Morgan fingerprint density at radius 2 is 1.96 bits per heavy atom. The molecule has 7 nitrogen and oxygen atoms in total. The number of rotatable bonds is 3. The van der Waals surface area contributed by atoms with Gasteiger partial charge in [-0.3, -0.25) is 4.98 Å². The molecule has 0 spiro atoms. The summed E-state index contributed by atoms with van der Waals surface area (Å²) in [6.45, 7) is 2.56. The van der Waals surface area contributed by atoms with Crippen LogP contribution in [0.15, 0.2) is 48.8 Å². The third-order valence-electron chi connectivity index (χ3n) is 4.09. The highest BCUT2D eigenvalue weighted by atomic mass is 15.3. The van der Waals surface area contributed by atoms with Crippen LogP contribution in [0.4, 0.5) is 11.6 Å². The predicted molar refractivity (Wildman–Crippen MR) is 97.7 cm³/mol. The number of nitrogen functional groups attached to an aromatic ring is 2. The van der Waals surface area contributed by atoms with Crippen LogP contribution in [0.5, 0.6) is 0 Å². The number of hydrogen-bond donors (Lipinski definition) is 2. The van der Waals surface area contributed by atoms with Crippen LogP contribution in [0.3, 0.4) is 0 Å². The fourth-order valence-corrected chi connectivity index (χ4v) is 2.80. The number of aromatic nitrogens is 5. The van der Waals surface area contributed by atoms with Crippen molar-refractivity contribution in [2.24, 2.45) is 0 Å². The zero-order valence-electron chi connectivity index (χ0n) is 13.7. The van der Waals surface area contributed by atoms with Crippen molar-refractivity contribution in [2.75, 3.05) is 11.5 Å². The lowest BCUT2D eigenvalue weighted by atomic mass is 10.1. The standard InChI is InChI=1S/C18H17N7/c1-11-8-12(5-6-14(11)19)10-25-17-13(9-22-25)16(23-18(20)24-17)15-4-2-3-7-21-15/h2-9H,10,19H2,1H3,(H2,20,23,24). The zero-order chi connectivity index (χ0) is 17.4. The second-order valence-electron chi connectivity index (χ2n) is 5.88. The first-order valence-corrected chi connectivity index (χ1v) is 7.87. The molecule has 0 amide bonds. The molecule has 0 aliphatic heterocycles. The number of fused-ring (bicyclic) bond motifs is 1. The van der Waals surface area contributed by atoms with Crippen molar-refractivity contribution in [3.05, 3.63) is 59.9 Å². The molecule has 0 unspecified atom stereocenters. The Morgan fingerprint density at radius 3 is 2.72 bits per heavy atom. The number of nitrogens with two attached hydrogens (primary N) is 2. The van der Waals surface area contributed by atoms with E-state index in [9.17, 15) is 0 Å². The van der Waals surface area contributed by atoms with Gasteiger partial charge < -0.3 is 11.5 Å². The van der Waals surface area contributed by atoms with Crippen LogP contribution < -0.4 is 11.5 Å². The molecule has 4 N–H and O–H groups in total. The molecule has 0 bridgehead atoms. The maximum absolute atomic E-state index is 5.92. The summed E-state index contributed by atoms with van der Waals surface area (Å²) in [7, 11) is 0. The molecule has 4 aromatic rings. The largest absolute Gasteiger partial charge is 0.399 e. The van der Waals surface area contributed by atoms with E-state index in [2.05, 4.69) is 20.1 Å². The van der Waals surface area contributed by atoms with Gasteiger partial charge in [-0.25, -0.2) is 9.67 Å². The lowest BCUT2D eigenvalue weighted by Gasteiger charge is -2.07. The van der Waals surface area contributed by atoms with Crippen LogP contribution in [-0.4, -0.2) is 24.7 Å². The van der Waals surface area contributed by atoms with Gasteiger partial charge in [0.25, 0.3) is 0 Å². The SMILES string of the molecule is Cc1cc(Cn2ncc3c(-c4ccccn4)nc(N)nc32)ccc1N. The molecule has 0 fully saturated rings. The number of pyridine rings is 1. The van der Waals surface area contributed by atoms with Crippen molar-refractivity contribution in [1.29, 1.82) is 0 Å². The molecular formula is C18H17N7. The van der Waals surface area contributed by atoms with Crippen LogP contribution in [0, 0.1) is 6.92 Å². The van der Waals surface area contributed by atoms with Gasteiger partial charge in [-0.1, -0.05) is 18.2 Å². The molecule has 4 rings (SSSR count). The summed E-state index contributed by atoms with van der Waals surface area (Å²) in [4.78, 5) is 13.1. The number of aryl methyl sites for hydroxylation is 1. The Morgan fingerprint density at radius 1 is 1.08 bits per heavy atom. The Hall–Kier alpha value is -3.48. The Kier molecular flexibility index (Phi) is 3.53. The fraction of sp³-hybridized carbons (Fsp3) is 0.111. The maximum atomic E-state index is 5.92. The quantitative estimate of drug-likeness (QED) is 0.558. The van der Waals surface area contributed by atoms with Crippen molar-refractivity contribution in [2.45, 2.75) is 13.5 Å². The highest BCUT2D eigenvalue weighted by Crippen LogP contribution is 2.25. The summed E-state index contributed by atoms with van der Waals surface area (Å²) in [5.74, 6) is 0.198. The molecule has 7 heteroatoms. The second-order valence-corrected chi connectivity index (χ2v) is 5.88. The lowest BCUT2D eigenvalue weighted by molar-refractivity contribution is 0.704. The molecule has 0 saturated carbocycles. The third kappa shape index (κ3) is 2.76. The van der Waals surface area contributed by atoms with Gasteiger partial charge in [-0.15, -0.1) is 0 Å². The molecule has 0 aliphatic carbocycles. The molecular weight excluding hydrogens is 314 g/mol. The molecule has 3 heterocycles. The highest BCUT2D eigenvalue weighted by molar-refractivity contribution is 5.89. The second kappa shape index (κ2) is 5.86. The Labute approximate surface area is 144 Å². The van der Waals surface area contributed by atoms with Gasteiger partial charge in [0.1, 0.15) is 5.69 Å². The van der Waals surface area contributed by atoms with Gasteiger partial charge >= 0.3 is 0 Å². The molecule has 0 saturated heterocycles. The fourth-order valence-electron chi connectivity index (χ4n) is 2.80. The lowest BCUT2D eigenvalue weighted by Crippen LogP contribution is -2.05. The van der Waals surface area contributed by atoms with Gasteiger partial charge in [0.05, 0.1) is 23.8 Å². The normalized spacial score (nSPS) is 11.1. The van der Waals surface area contributed by atoms with E-state index in [1.807, 2.05) is 48.0 Å². The van der Waals surface area contributed by atoms with Crippen molar-refractivity contribution < 1.29 is 0 Å². The summed E-state index contributed by atoms with van der Waals surface area (Å²) in [6, 6.07) is 11.6. The van der Waals surface area contributed by atoms with Crippen molar-refractivity contribution in [1.82, 2.24) is 24.7 Å². The molecule has 0 aliphatic rings. The van der Waals surface area contributed by atoms with Crippen molar-refractivity contribution in [3.63, 3.8) is 0 Å². The van der Waals surface area contributed by atoms with Crippen LogP contribution >= 0.6 is 0 Å².